The van der Waals surface area contributed by atoms with Crippen LogP contribution in [-0.2, 0) is 14.3 Å². The molecular weight excluding hydrogens is 527 g/mol. The number of rotatable bonds is 11. The Balaban J connectivity index is 0.00000676. The number of aliphatic imine (C=N–C) groups is 1. The normalized spacial score (nSPS) is 10.9. The highest BCUT2D eigenvalue weighted by Crippen LogP contribution is 2.19. The van der Waals surface area contributed by atoms with Crippen molar-refractivity contribution < 1.29 is 14.3 Å². The van der Waals surface area contributed by atoms with Gasteiger partial charge in [-0.3, -0.25) is 9.79 Å². The molecule has 1 amide bonds. The Morgan fingerprint density at radius 2 is 1.93 bits per heavy atom. The molecule has 9 heteroatoms. The number of ether oxygens (including phenoxy) is 2. The van der Waals surface area contributed by atoms with Crippen LogP contribution in [0.25, 0.3) is 0 Å². The van der Waals surface area contributed by atoms with E-state index < -0.39 is 0 Å². The van der Waals surface area contributed by atoms with Crippen molar-refractivity contribution in [2.45, 2.75) is 19.8 Å². The first kappa shape index (κ1) is 26.1. The molecule has 1 aromatic carbocycles. The monoisotopic (exact) mass is 556 g/mol. The number of hydrogen-bond acceptors (Lipinski definition) is 4. The fourth-order valence-electron chi connectivity index (χ4n) is 2.12. The molecule has 0 aromatic heterocycles. The second kappa shape index (κ2) is 16.1. The Bertz CT molecular complexity index is 588. The molecule has 0 aliphatic carbocycles. The highest BCUT2D eigenvalue weighted by Gasteiger charge is 2.06. The molecule has 154 valence electrons. The number of guanidine groups is 1. The summed E-state index contributed by atoms with van der Waals surface area (Å²) >= 11 is 3.41. The number of carbonyl (C=O) groups excluding carboxylic acids is 1. The molecule has 0 unspecified atom stereocenters. The lowest BCUT2D eigenvalue weighted by molar-refractivity contribution is -0.116. The van der Waals surface area contributed by atoms with Gasteiger partial charge in [-0.25, -0.2) is 0 Å². The predicted octanol–water partition coefficient (Wildman–Crippen LogP) is 2.92. The van der Waals surface area contributed by atoms with Crippen LogP contribution in [0.4, 0.5) is 5.69 Å². The van der Waals surface area contributed by atoms with Crippen LogP contribution >= 0.6 is 39.9 Å². The van der Waals surface area contributed by atoms with Crippen molar-refractivity contribution in [3.8, 4) is 0 Å². The molecule has 0 heterocycles. The van der Waals surface area contributed by atoms with Gasteiger partial charge in [0.25, 0.3) is 0 Å². The van der Waals surface area contributed by atoms with Gasteiger partial charge in [0.1, 0.15) is 0 Å². The highest BCUT2D eigenvalue weighted by molar-refractivity contribution is 14.0. The molecule has 0 radical (unpaired) electrons. The van der Waals surface area contributed by atoms with Crippen molar-refractivity contribution in [3.63, 3.8) is 0 Å². The Morgan fingerprint density at radius 3 is 2.59 bits per heavy atom. The number of hydrogen-bond donors (Lipinski definition) is 3. The molecule has 0 aliphatic rings. The first-order chi connectivity index (χ1) is 12.6. The molecule has 0 saturated heterocycles. The van der Waals surface area contributed by atoms with E-state index in [1.54, 1.807) is 14.2 Å². The van der Waals surface area contributed by atoms with Crippen LogP contribution in [0.5, 0.6) is 0 Å². The molecule has 1 rings (SSSR count). The van der Waals surface area contributed by atoms with Crippen LogP contribution < -0.4 is 16.0 Å². The quantitative estimate of drug-likeness (QED) is 0.169. The van der Waals surface area contributed by atoms with Crippen LogP contribution in [0.3, 0.4) is 0 Å². The van der Waals surface area contributed by atoms with E-state index in [4.69, 9.17) is 9.47 Å². The lowest BCUT2D eigenvalue weighted by Gasteiger charge is -2.12. The summed E-state index contributed by atoms with van der Waals surface area (Å²) in [4.78, 5) is 16.2. The summed E-state index contributed by atoms with van der Waals surface area (Å²) in [5, 5.41) is 9.24. The van der Waals surface area contributed by atoms with Crippen LogP contribution in [0.2, 0.25) is 0 Å². The fourth-order valence-corrected chi connectivity index (χ4v) is 2.60. The van der Waals surface area contributed by atoms with Crippen molar-refractivity contribution in [2.75, 3.05) is 52.4 Å². The number of halogens is 2. The average Bonchev–Trinajstić information content (AvgIpc) is 2.61. The highest BCUT2D eigenvalue weighted by atomic mass is 127. The lowest BCUT2D eigenvalue weighted by Crippen LogP contribution is -2.39. The first-order valence-electron chi connectivity index (χ1n) is 8.64. The maximum Gasteiger partial charge on any atom is 0.226 e. The standard InChI is InChI=1S/C18H29BrN4O3.HI/c1-14-13-15(19)5-6-16(14)23-17(24)7-9-22-18(20-2)21-8-4-10-26-12-11-25-3;/h5-6,13H,4,7-12H2,1-3H3,(H,23,24)(H2,20,21,22);1H. The largest absolute Gasteiger partial charge is 0.382 e. The third-order valence-electron chi connectivity index (χ3n) is 3.52. The Morgan fingerprint density at radius 1 is 1.19 bits per heavy atom. The summed E-state index contributed by atoms with van der Waals surface area (Å²) < 4.78 is 11.3. The summed E-state index contributed by atoms with van der Waals surface area (Å²) in [7, 11) is 3.36. The molecule has 0 bridgehead atoms. The summed E-state index contributed by atoms with van der Waals surface area (Å²) in [5.41, 5.74) is 1.85. The maximum atomic E-state index is 12.1. The summed E-state index contributed by atoms with van der Waals surface area (Å²) in [5.74, 6) is 0.638. The number of benzene rings is 1. The first-order valence-corrected chi connectivity index (χ1v) is 9.43. The summed E-state index contributed by atoms with van der Waals surface area (Å²) in [6, 6.07) is 5.77. The van der Waals surface area contributed by atoms with E-state index in [0.717, 1.165) is 28.7 Å². The summed E-state index contributed by atoms with van der Waals surface area (Å²) in [6.07, 6.45) is 1.23. The van der Waals surface area contributed by atoms with E-state index >= 15 is 0 Å². The van der Waals surface area contributed by atoms with Crippen LogP contribution in [-0.4, -0.2) is 58.9 Å². The number of anilines is 1. The van der Waals surface area contributed by atoms with Crippen LogP contribution in [0.1, 0.15) is 18.4 Å². The Hall–Kier alpha value is -0.910. The van der Waals surface area contributed by atoms with Gasteiger partial charge in [-0.2, -0.15) is 0 Å². The van der Waals surface area contributed by atoms with Gasteiger partial charge in [-0.05, 0) is 37.1 Å². The number of amides is 1. The van der Waals surface area contributed by atoms with Crippen molar-refractivity contribution in [1.82, 2.24) is 10.6 Å². The number of nitrogens with one attached hydrogen (secondary N) is 3. The van der Waals surface area contributed by atoms with E-state index in [1.807, 2.05) is 25.1 Å². The zero-order chi connectivity index (χ0) is 19.2. The molecule has 0 spiro atoms. The third kappa shape index (κ3) is 12.2. The number of nitrogens with zero attached hydrogens (tertiary/aromatic N) is 1. The molecule has 0 saturated carbocycles. The number of methoxy groups -OCH3 is 1. The van der Waals surface area contributed by atoms with Crippen molar-refractivity contribution in [3.05, 3.63) is 28.2 Å². The Labute approximate surface area is 187 Å². The van der Waals surface area contributed by atoms with Crippen LogP contribution in [0, 0.1) is 6.92 Å². The zero-order valence-corrected chi connectivity index (χ0v) is 20.1. The topological polar surface area (TPSA) is 84.0 Å². The number of carbonyl (C=O) groups is 1. The van der Waals surface area contributed by atoms with Gasteiger partial charge in [-0.15, -0.1) is 24.0 Å². The van der Waals surface area contributed by atoms with E-state index in [-0.39, 0.29) is 29.9 Å². The van der Waals surface area contributed by atoms with Crippen molar-refractivity contribution >= 4 is 57.5 Å². The van der Waals surface area contributed by atoms with E-state index in [0.29, 0.717) is 38.7 Å². The second-order valence-electron chi connectivity index (χ2n) is 5.64. The van der Waals surface area contributed by atoms with Gasteiger partial charge in [0.15, 0.2) is 5.96 Å². The predicted molar refractivity (Wildman–Crippen MR) is 124 cm³/mol. The maximum absolute atomic E-state index is 12.1. The molecular formula is C18H30BrIN4O3. The molecule has 3 N–H and O–H groups in total. The third-order valence-corrected chi connectivity index (χ3v) is 4.01. The van der Waals surface area contributed by atoms with Gasteiger partial charge in [0.05, 0.1) is 13.2 Å². The minimum Gasteiger partial charge on any atom is -0.382 e. The fraction of sp³-hybridized carbons (Fsp3) is 0.556. The minimum atomic E-state index is -0.0371. The molecule has 0 fully saturated rings. The van der Waals surface area contributed by atoms with Gasteiger partial charge in [0, 0.05) is 50.4 Å². The van der Waals surface area contributed by atoms with Gasteiger partial charge >= 0.3 is 0 Å². The van der Waals surface area contributed by atoms with E-state index in [1.165, 1.54) is 0 Å². The van der Waals surface area contributed by atoms with Crippen molar-refractivity contribution in [1.29, 1.82) is 0 Å². The van der Waals surface area contributed by atoms with Gasteiger partial charge < -0.3 is 25.4 Å². The number of aryl methyl sites for hydroxylation is 1. The van der Waals surface area contributed by atoms with E-state index in [9.17, 15) is 4.79 Å². The van der Waals surface area contributed by atoms with Gasteiger partial charge in [0.2, 0.25) is 5.91 Å². The molecule has 0 atom stereocenters. The molecule has 1 aromatic rings. The average molecular weight is 557 g/mol. The lowest BCUT2D eigenvalue weighted by atomic mass is 10.2. The smallest absolute Gasteiger partial charge is 0.226 e. The minimum absolute atomic E-state index is 0. The summed E-state index contributed by atoms with van der Waals surface area (Å²) in [6.45, 7) is 5.10. The zero-order valence-electron chi connectivity index (χ0n) is 16.1. The second-order valence-corrected chi connectivity index (χ2v) is 6.56. The van der Waals surface area contributed by atoms with Crippen molar-refractivity contribution in [2.24, 2.45) is 4.99 Å². The van der Waals surface area contributed by atoms with Crippen LogP contribution in [0.15, 0.2) is 27.7 Å². The van der Waals surface area contributed by atoms with E-state index in [2.05, 4.69) is 36.9 Å². The Kier molecular flexibility index (Phi) is 15.5. The SMILES string of the molecule is CN=C(NCCCOCCOC)NCCC(=O)Nc1ccc(Br)cc1C.I. The molecule has 7 nitrogen and oxygen atoms in total. The molecule has 0 aliphatic heterocycles. The molecule has 27 heavy (non-hydrogen) atoms. The van der Waals surface area contributed by atoms with Gasteiger partial charge in [-0.1, -0.05) is 15.9 Å².